The number of ether oxygens (including phenoxy) is 1. The molecule has 0 fully saturated rings. The van der Waals surface area contributed by atoms with E-state index >= 15 is 0 Å². The number of rotatable bonds is 7. The lowest BCUT2D eigenvalue weighted by Gasteiger charge is -2.22. The predicted molar refractivity (Wildman–Crippen MR) is 108 cm³/mol. The summed E-state index contributed by atoms with van der Waals surface area (Å²) in [5, 5.41) is 8.68. The molecule has 1 unspecified atom stereocenters. The van der Waals surface area contributed by atoms with Crippen LogP contribution in [0.4, 0.5) is 0 Å². The first kappa shape index (κ1) is 20.8. The molecule has 8 nitrogen and oxygen atoms in total. The van der Waals surface area contributed by atoms with Crippen molar-refractivity contribution in [2.45, 2.75) is 39.4 Å². The van der Waals surface area contributed by atoms with Crippen molar-refractivity contribution in [3.05, 3.63) is 41.5 Å². The van der Waals surface area contributed by atoms with Gasteiger partial charge < -0.3 is 9.30 Å². The number of methoxy groups -OCH3 is 1. The summed E-state index contributed by atoms with van der Waals surface area (Å²) in [7, 11) is -1.67. The Balaban J connectivity index is 1.75. The number of aromatic nitrogens is 3. The summed E-state index contributed by atoms with van der Waals surface area (Å²) >= 11 is 0. The van der Waals surface area contributed by atoms with Crippen LogP contribution in [0.25, 0.3) is 0 Å². The van der Waals surface area contributed by atoms with Crippen molar-refractivity contribution in [1.82, 2.24) is 24.4 Å². The van der Waals surface area contributed by atoms with E-state index in [-0.39, 0.29) is 12.0 Å². The fourth-order valence-corrected chi connectivity index (χ4v) is 4.36. The van der Waals surface area contributed by atoms with E-state index in [2.05, 4.69) is 36.5 Å². The van der Waals surface area contributed by atoms with Gasteiger partial charge in [0, 0.05) is 32.6 Å². The van der Waals surface area contributed by atoms with Crippen LogP contribution in [0, 0.1) is 5.92 Å². The zero-order valence-electron chi connectivity index (χ0n) is 16.9. The third-order valence-corrected chi connectivity index (χ3v) is 5.66. The first-order valence-electron chi connectivity index (χ1n) is 9.51. The van der Waals surface area contributed by atoms with Gasteiger partial charge in [0.05, 0.1) is 19.4 Å². The number of nitrogens with zero attached hydrogens (tertiary/aromatic N) is 4. The summed E-state index contributed by atoms with van der Waals surface area (Å²) < 4.78 is 33.7. The average molecular weight is 408 g/mol. The average Bonchev–Trinajstić information content (AvgIpc) is 2.93. The summed E-state index contributed by atoms with van der Waals surface area (Å²) in [6.07, 6.45) is 1.96. The molecule has 1 atom stereocenters. The Bertz CT molecular complexity index is 910. The van der Waals surface area contributed by atoms with Gasteiger partial charge in [-0.15, -0.1) is 10.2 Å². The molecule has 1 aliphatic rings. The molecule has 28 heavy (non-hydrogen) atoms. The van der Waals surface area contributed by atoms with Gasteiger partial charge in [0.15, 0.2) is 5.82 Å². The molecule has 1 aromatic heterocycles. The molecule has 0 aliphatic carbocycles. The van der Waals surface area contributed by atoms with E-state index < -0.39 is 10.0 Å². The Hall–Kier alpha value is -1.97. The zero-order chi connectivity index (χ0) is 20.3. The molecule has 0 amide bonds. The normalized spacial score (nSPS) is 16.6. The van der Waals surface area contributed by atoms with Crippen LogP contribution in [0.5, 0.6) is 5.75 Å². The number of hydrogen-bond donors (Lipinski definition) is 1. The molecule has 3 rings (SSSR count). The van der Waals surface area contributed by atoms with E-state index in [0.717, 1.165) is 44.2 Å². The fraction of sp³-hybridized carbons (Fsp3) is 0.579. The molecule has 2 aromatic rings. The SMILES string of the molecule is COc1cccc(CN2CCc3nnc(C(NS(C)(=O)=O)C(C)C)n3CC2)c1. The molecule has 0 radical (unpaired) electrons. The molecular weight excluding hydrogens is 378 g/mol. The van der Waals surface area contributed by atoms with Crippen LogP contribution in [0.2, 0.25) is 0 Å². The maximum absolute atomic E-state index is 11.8. The Morgan fingerprint density at radius 2 is 2.00 bits per heavy atom. The standard InChI is InChI=1S/C19H29N5O3S/c1-14(2)18(22-28(4,25)26)19-21-20-17-8-9-23(10-11-24(17)19)13-15-6-5-7-16(12-15)27-3/h5-7,12,14,18,22H,8-11,13H2,1-4H3. The van der Waals surface area contributed by atoms with Gasteiger partial charge in [-0.3, -0.25) is 4.90 Å². The highest BCUT2D eigenvalue weighted by Crippen LogP contribution is 2.23. The quantitative estimate of drug-likeness (QED) is 0.750. The van der Waals surface area contributed by atoms with Gasteiger partial charge in [-0.2, -0.15) is 0 Å². The van der Waals surface area contributed by atoms with Crippen molar-refractivity contribution in [2.75, 3.05) is 26.5 Å². The van der Waals surface area contributed by atoms with Crippen molar-refractivity contribution < 1.29 is 13.2 Å². The second kappa shape index (κ2) is 8.59. The van der Waals surface area contributed by atoms with Crippen molar-refractivity contribution in [2.24, 2.45) is 5.92 Å². The van der Waals surface area contributed by atoms with Crippen molar-refractivity contribution in [3.63, 3.8) is 0 Å². The number of nitrogens with one attached hydrogen (secondary N) is 1. The number of fused-ring (bicyclic) bond motifs is 1. The van der Waals surface area contributed by atoms with Gasteiger partial charge >= 0.3 is 0 Å². The van der Waals surface area contributed by atoms with Gasteiger partial charge in [-0.25, -0.2) is 13.1 Å². The van der Waals surface area contributed by atoms with E-state index in [1.807, 2.05) is 26.0 Å². The lowest BCUT2D eigenvalue weighted by atomic mass is 10.1. The summed E-state index contributed by atoms with van der Waals surface area (Å²) in [6, 6.07) is 7.72. The lowest BCUT2D eigenvalue weighted by molar-refractivity contribution is 0.268. The molecule has 1 aliphatic heterocycles. The fourth-order valence-electron chi connectivity index (χ4n) is 3.52. The van der Waals surface area contributed by atoms with Gasteiger partial charge in [-0.1, -0.05) is 26.0 Å². The van der Waals surface area contributed by atoms with Crippen LogP contribution < -0.4 is 9.46 Å². The Morgan fingerprint density at radius 3 is 2.68 bits per heavy atom. The Labute approximate surface area is 167 Å². The molecule has 0 saturated heterocycles. The summed E-state index contributed by atoms with van der Waals surface area (Å²) in [5.41, 5.74) is 1.20. The molecule has 0 spiro atoms. The lowest BCUT2D eigenvalue weighted by Crippen LogP contribution is -2.33. The van der Waals surface area contributed by atoms with E-state index in [1.54, 1.807) is 7.11 Å². The third kappa shape index (κ3) is 5.09. The van der Waals surface area contributed by atoms with E-state index in [4.69, 9.17) is 4.74 Å². The van der Waals surface area contributed by atoms with Crippen LogP contribution in [0.15, 0.2) is 24.3 Å². The molecule has 154 valence electrons. The summed E-state index contributed by atoms with van der Waals surface area (Å²) in [4.78, 5) is 2.38. The van der Waals surface area contributed by atoms with Crippen molar-refractivity contribution in [1.29, 1.82) is 0 Å². The summed E-state index contributed by atoms with van der Waals surface area (Å²) in [5.74, 6) is 2.53. The minimum Gasteiger partial charge on any atom is -0.497 e. The minimum absolute atomic E-state index is 0.0687. The maximum atomic E-state index is 11.8. The number of hydrogen-bond acceptors (Lipinski definition) is 6. The van der Waals surface area contributed by atoms with Crippen molar-refractivity contribution in [3.8, 4) is 5.75 Å². The third-order valence-electron chi connectivity index (χ3n) is 4.97. The molecule has 1 N–H and O–H groups in total. The molecule has 0 saturated carbocycles. The number of benzene rings is 1. The maximum Gasteiger partial charge on any atom is 0.209 e. The number of sulfonamides is 1. The van der Waals surface area contributed by atoms with Crippen LogP contribution in [0.3, 0.4) is 0 Å². The minimum atomic E-state index is -3.34. The second-order valence-corrected chi connectivity index (χ2v) is 9.40. The molecular formula is C19H29N5O3S. The Morgan fingerprint density at radius 1 is 1.21 bits per heavy atom. The van der Waals surface area contributed by atoms with Crippen LogP contribution >= 0.6 is 0 Å². The monoisotopic (exact) mass is 407 g/mol. The van der Waals surface area contributed by atoms with Gasteiger partial charge in [0.25, 0.3) is 0 Å². The van der Waals surface area contributed by atoms with Gasteiger partial charge in [-0.05, 0) is 23.6 Å². The molecule has 1 aromatic carbocycles. The largest absolute Gasteiger partial charge is 0.497 e. The van der Waals surface area contributed by atoms with E-state index in [0.29, 0.717) is 5.82 Å². The van der Waals surface area contributed by atoms with Gasteiger partial charge in [0.1, 0.15) is 11.6 Å². The predicted octanol–water partition coefficient (Wildman–Crippen LogP) is 1.59. The summed E-state index contributed by atoms with van der Waals surface area (Å²) in [6.45, 7) is 7.25. The topological polar surface area (TPSA) is 89.3 Å². The zero-order valence-corrected chi connectivity index (χ0v) is 17.7. The molecule has 2 heterocycles. The Kier molecular flexibility index (Phi) is 6.36. The molecule has 0 bridgehead atoms. The van der Waals surface area contributed by atoms with Crippen molar-refractivity contribution >= 4 is 10.0 Å². The highest BCUT2D eigenvalue weighted by Gasteiger charge is 2.28. The van der Waals surface area contributed by atoms with Crippen LogP contribution in [0.1, 0.15) is 37.1 Å². The molecule has 9 heteroatoms. The van der Waals surface area contributed by atoms with Crippen LogP contribution in [-0.4, -0.2) is 54.5 Å². The highest BCUT2D eigenvalue weighted by atomic mass is 32.2. The first-order chi connectivity index (χ1) is 13.3. The first-order valence-corrected chi connectivity index (χ1v) is 11.4. The smallest absolute Gasteiger partial charge is 0.209 e. The highest BCUT2D eigenvalue weighted by molar-refractivity contribution is 7.88. The second-order valence-electron chi connectivity index (χ2n) is 7.62. The van der Waals surface area contributed by atoms with Gasteiger partial charge in [0.2, 0.25) is 10.0 Å². The van der Waals surface area contributed by atoms with Crippen LogP contribution in [-0.2, 0) is 29.5 Å². The van der Waals surface area contributed by atoms with E-state index in [1.165, 1.54) is 11.8 Å². The van der Waals surface area contributed by atoms with E-state index in [9.17, 15) is 8.42 Å².